The largest absolute Gasteiger partial charge is 0.469 e. The van der Waals surface area contributed by atoms with Crippen molar-refractivity contribution in [1.82, 2.24) is 4.90 Å². The topological polar surface area (TPSA) is 29.5 Å². The van der Waals surface area contributed by atoms with E-state index in [0.717, 1.165) is 31.6 Å². The number of hydrogen-bond donors (Lipinski definition) is 0. The quantitative estimate of drug-likeness (QED) is 0.566. The van der Waals surface area contributed by atoms with E-state index < -0.39 is 0 Å². The summed E-state index contributed by atoms with van der Waals surface area (Å²) in [7, 11) is 1.53. The lowest BCUT2D eigenvalue weighted by molar-refractivity contribution is -0.150. The molecule has 2 bridgehead atoms. The lowest BCUT2D eigenvalue weighted by Crippen LogP contribution is -2.51. The smallest absolute Gasteiger partial charge is 0.310 e. The number of methoxy groups -OCH3 is 1. The fourth-order valence-electron chi connectivity index (χ4n) is 4.70. The van der Waals surface area contributed by atoms with Gasteiger partial charge in [-0.25, -0.2) is 0 Å². The molecule has 4 heteroatoms. The van der Waals surface area contributed by atoms with Crippen LogP contribution in [0.4, 0.5) is 0 Å². The molecule has 0 aromatic heterocycles. The summed E-state index contributed by atoms with van der Waals surface area (Å²) in [6.45, 7) is 5.50. The molecule has 3 nitrogen and oxygen atoms in total. The third-order valence-corrected chi connectivity index (χ3v) is 6.53. The normalized spacial score (nSPS) is 29.6. The Bertz CT molecular complexity index is 559. The van der Waals surface area contributed by atoms with Gasteiger partial charge in [-0.15, -0.1) is 11.8 Å². The first kappa shape index (κ1) is 17.8. The maximum absolute atomic E-state index is 12.6. The molecule has 132 valence electrons. The molecule has 2 fully saturated rings. The van der Waals surface area contributed by atoms with Crippen molar-refractivity contribution in [1.29, 1.82) is 0 Å². The van der Waals surface area contributed by atoms with E-state index in [1.54, 1.807) is 0 Å². The second-order valence-corrected chi connectivity index (χ2v) is 8.27. The molecule has 2 unspecified atom stereocenters. The maximum atomic E-state index is 12.6. The minimum absolute atomic E-state index is 0.0232. The second kappa shape index (κ2) is 7.92. The van der Waals surface area contributed by atoms with E-state index in [2.05, 4.69) is 43.0 Å². The van der Waals surface area contributed by atoms with Gasteiger partial charge in [0.1, 0.15) is 0 Å². The highest BCUT2D eigenvalue weighted by molar-refractivity contribution is 7.99. The molecule has 2 aliphatic heterocycles. The number of carbonyl (C=O) groups is 1. The standard InChI is InChI=1S/C20H29NO2S/c1-4-12-21-15-8-11-18(21)19(20(22)23-3)17(13-15)14-6-9-16(10-7-14)24-5-2/h6-7,9-10,15,17-19H,4-5,8,11-13H2,1-3H3/t15?,17-,18?,19+/m1/s1. The molecule has 2 aliphatic rings. The average Bonchev–Trinajstić information content (AvgIpc) is 2.87. The predicted octanol–water partition coefficient (Wildman–Crippen LogP) is 4.32. The molecule has 24 heavy (non-hydrogen) atoms. The van der Waals surface area contributed by atoms with Gasteiger partial charge in [-0.2, -0.15) is 0 Å². The Morgan fingerprint density at radius 3 is 2.62 bits per heavy atom. The van der Waals surface area contributed by atoms with Crippen LogP contribution >= 0.6 is 11.8 Å². The molecule has 4 atom stereocenters. The van der Waals surface area contributed by atoms with Crippen LogP contribution in [0.5, 0.6) is 0 Å². The summed E-state index contributed by atoms with van der Waals surface area (Å²) in [4.78, 5) is 16.5. The molecule has 1 aromatic rings. The third kappa shape index (κ3) is 3.36. The number of piperidine rings is 1. The van der Waals surface area contributed by atoms with Crippen LogP contribution in [0.1, 0.15) is 51.0 Å². The minimum atomic E-state index is -0.0292. The Morgan fingerprint density at radius 1 is 1.25 bits per heavy atom. The predicted molar refractivity (Wildman–Crippen MR) is 99.5 cm³/mol. The van der Waals surface area contributed by atoms with Gasteiger partial charge in [0.25, 0.3) is 0 Å². The molecule has 0 aliphatic carbocycles. The van der Waals surface area contributed by atoms with Gasteiger partial charge >= 0.3 is 5.97 Å². The van der Waals surface area contributed by atoms with Gasteiger partial charge in [-0.05, 0) is 55.7 Å². The van der Waals surface area contributed by atoms with Crippen LogP contribution < -0.4 is 0 Å². The van der Waals surface area contributed by atoms with E-state index in [9.17, 15) is 4.79 Å². The van der Waals surface area contributed by atoms with Crippen LogP contribution in [-0.2, 0) is 9.53 Å². The number of ether oxygens (including phenoxy) is 1. The fraction of sp³-hybridized carbons (Fsp3) is 0.650. The van der Waals surface area contributed by atoms with Crippen molar-refractivity contribution in [3.63, 3.8) is 0 Å². The number of fused-ring (bicyclic) bond motifs is 2. The van der Waals surface area contributed by atoms with E-state index in [1.807, 2.05) is 11.8 Å². The monoisotopic (exact) mass is 347 g/mol. The average molecular weight is 348 g/mol. The van der Waals surface area contributed by atoms with Crippen LogP contribution in [0.25, 0.3) is 0 Å². The van der Waals surface area contributed by atoms with Gasteiger partial charge in [-0.1, -0.05) is 26.0 Å². The highest BCUT2D eigenvalue weighted by Crippen LogP contribution is 2.47. The zero-order chi connectivity index (χ0) is 17.1. The zero-order valence-electron chi connectivity index (χ0n) is 15.0. The summed E-state index contributed by atoms with van der Waals surface area (Å²) in [5.41, 5.74) is 1.30. The van der Waals surface area contributed by atoms with Gasteiger partial charge in [-0.3, -0.25) is 9.69 Å². The van der Waals surface area contributed by atoms with E-state index >= 15 is 0 Å². The van der Waals surface area contributed by atoms with Crippen molar-refractivity contribution in [3.8, 4) is 0 Å². The summed E-state index contributed by atoms with van der Waals surface area (Å²) >= 11 is 1.86. The first-order valence-electron chi connectivity index (χ1n) is 9.25. The summed E-state index contributed by atoms with van der Waals surface area (Å²) in [5, 5.41) is 0. The summed E-state index contributed by atoms with van der Waals surface area (Å²) in [6, 6.07) is 9.86. The van der Waals surface area contributed by atoms with Gasteiger partial charge < -0.3 is 4.74 Å². The van der Waals surface area contributed by atoms with Crippen molar-refractivity contribution in [2.45, 2.75) is 62.4 Å². The Morgan fingerprint density at radius 2 is 2.00 bits per heavy atom. The van der Waals surface area contributed by atoms with Gasteiger partial charge in [0.15, 0.2) is 0 Å². The van der Waals surface area contributed by atoms with Crippen LogP contribution in [0, 0.1) is 5.92 Å². The number of benzene rings is 1. The van der Waals surface area contributed by atoms with E-state index in [-0.39, 0.29) is 11.9 Å². The van der Waals surface area contributed by atoms with Crippen LogP contribution in [0.15, 0.2) is 29.2 Å². The SMILES string of the molecule is CCCN1C2CCC1[C@@H](C(=O)OC)[C@@H](c1ccc(SCC)cc1)C2. The van der Waals surface area contributed by atoms with Crippen LogP contribution in [-0.4, -0.2) is 42.4 Å². The number of nitrogens with zero attached hydrogens (tertiary/aromatic N) is 1. The lowest BCUT2D eigenvalue weighted by atomic mass is 9.76. The summed E-state index contributed by atoms with van der Waals surface area (Å²) < 4.78 is 5.21. The summed E-state index contributed by atoms with van der Waals surface area (Å²) in [5.74, 6) is 1.33. The van der Waals surface area contributed by atoms with Crippen molar-refractivity contribution < 1.29 is 9.53 Å². The van der Waals surface area contributed by atoms with Crippen LogP contribution in [0.2, 0.25) is 0 Å². The maximum Gasteiger partial charge on any atom is 0.310 e. The molecule has 1 aromatic carbocycles. The molecular formula is C20H29NO2S. The third-order valence-electron chi connectivity index (χ3n) is 5.64. The lowest BCUT2D eigenvalue weighted by Gasteiger charge is -2.43. The first-order chi connectivity index (χ1) is 11.7. The van der Waals surface area contributed by atoms with Crippen molar-refractivity contribution in [2.24, 2.45) is 5.92 Å². The number of rotatable bonds is 6. The van der Waals surface area contributed by atoms with E-state index in [1.165, 1.54) is 24.0 Å². The van der Waals surface area contributed by atoms with Gasteiger partial charge in [0, 0.05) is 22.9 Å². The molecular weight excluding hydrogens is 318 g/mol. The molecule has 0 radical (unpaired) electrons. The molecule has 2 heterocycles. The molecule has 2 saturated heterocycles. The minimum Gasteiger partial charge on any atom is -0.469 e. The number of esters is 1. The molecule has 0 saturated carbocycles. The Hall–Kier alpha value is -1.00. The molecule has 3 rings (SSSR count). The van der Waals surface area contributed by atoms with Crippen molar-refractivity contribution in [2.75, 3.05) is 19.4 Å². The van der Waals surface area contributed by atoms with Gasteiger partial charge in [0.2, 0.25) is 0 Å². The number of thioether (sulfide) groups is 1. The second-order valence-electron chi connectivity index (χ2n) is 6.93. The number of hydrogen-bond acceptors (Lipinski definition) is 4. The first-order valence-corrected chi connectivity index (χ1v) is 10.2. The van der Waals surface area contributed by atoms with E-state index in [4.69, 9.17) is 4.74 Å². The van der Waals surface area contributed by atoms with Crippen LogP contribution in [0.3, 0.4) is 0 Å². The molecule has 0 amide bonds. The van der Waals surface area contributed by atoms with Crippen molar-refractivity contribution in [3.05, 3.63) is 29.8 Å². The number of carbonyl (C=O) groups excluding carboxylic acids is 1. The Kier molecular flexibility index (Phi) is 5.88. The van der Waals surface area contributed by atoms with E-state index in [0.29, 0.717) is 18.0 Å². The zero-order valence-corrected chi connectivity index (χ0v) is 15.8. The molecule has 0 spiro atoms. The molecule has 0 N–H and O–H groups in total. The summed E-state index contributed by atoms with van der Waals surface area (Å²) in [6.07, 6.45) is 4.58. The Labute approximate surface area is 150 Å². The van der Waals surface area contributed by atoms with Gasteiger partial charge in [0.05, 0.1) is 13.0 Å². The Balaban J connectivity index is 1.87. The fourth-order valence-corrected chi connectivity index (χ4v) is 5.36. The highest BCUT2D eigenvalue weighted by atomic mass is 32.2. The van der Waals surface area contributed by atoms with Crippen molar-refractivity contribution >= 4 is 17.7 Å². The highest BCUT2D eigenvalue weighted by Gasteiger charge is 2.50.